The number of alkyl halides is 3. The van der Waals surface area contributed by atoms with Gasteiger partial charge < -0.3 is 9.64 Å². The highest BCUT2D eigenvalue weighted by atomic mass is 19.4. The van der Waals surface area contributed by atoms with Crippen molar-refractivity contribution in [2.24, 2.45) is 0 Å². The molecule has 0 N–H and O–H groups in total. The summed E-state index contributed by atoms with van der Waals surface area (Å²) >= 11 is 0. The van der Waals surface area contributed by atoms with Crippen LogP contribution in [0.2, 0.25) is 0 Å². The van der Waals surface area contributed by atoms with Crippen LogP contribution >= 0.6 is 0 Å². The molecule has 0 saturated carbocycles. The van der Waals surface area contributed by atoms with E-state index in [1.54, 1.807) is 4.90 Å². The molecule has 2 heterocycles. The van der Waals surface area contributed by atoms with Crippen molar-refractivity contribution < 1.29 is 22.7 Å². The van der Waals surface area contributed by atoms with E-state index in [4.69, 9.17) is 4.74 Å². The van der Waals surface area contributed by atoms with Gasteiger partial charge in [-0.05, 0) is 13.0 Å². The molecule has 1 aliphatic heterocycles. The average Bonchev–Trinajstić information content (AvgIpc) is 2.87. The zero-order chi connectivity index (χ0) is 14.0. The Morgan fingerprint density at radius 1 is 1.42 bits per heavy atom. The summed E-state index contributed by atoms with van der Waals surface area (Å²) < 4.78 is 43.5. The second-order valence-corrected chi connectivity index (χ2v) is 4.29. The van der Waals surface area contributed by atoms with Gasteiger partial charge in [0, 0.05) is 19.3 Å². The van der Waals surface area contributed by atoms with Crippen LogP contribution in [0.15, 0.2) is 12.3 Å². The van der Waals surface area contributed by atoms with E-state index in [0.717, 1.165) is 10.7 Å². The van der Waals surface area contributed by atoms with Crippen LogP contribution in [0.4, 0.5) is 13.2 Å². The zero-order valence-electron chi connectivity index (χ0n) is 10.4. The minimum absolute atomic E-state index is 0.250. The highest BCUT2D eigenvalue weighted by molar-refractivity contribution is 5.80. The Morgan fingerprint density at radius 2 is 2.05 bits per heavy atom. The molecule has 1 saturated heterocycles. The summed E-state index contributed by atoms with van der Waals surface area (Å²) in [6.07, 6.45) is -3.32. The number of hydrogen-bond donors (Lipinski definition) is 0. The van der Waals surface area contributed by atoms with E-state index in [2.05, 4.69) is 5.10 Å². The first-order valence-corrected chi connectivity index (χ1v) is 5.88. The predicted molar refractivity (Wildman–Crippen MR) is 59.3 cm³/mol. The molecular weight excluding hydrogens is 263 g/mol. The van der Waals surface area contributed by atoms with Crippen LogP contribution in [-0.2, 0) is 15.7 Å². The molecule has 0 aliphatic carbocycles. The van der Waals surface area contributed by atoms with E-state index in [9.17, 15) is 18.0 Å². The van der Waals surface area contributed by atoms with Gasteiger partial charge in [-0.1, -0.05) is 0 Å². The molecule has 1 amide bonds. The Labute approximate surface area is 107 Å². The fourth-order valence-electron chi connectivity index (χ4n) is 1.87. The molecule has 1 fully saturated rings. The third-order valence-corrected chi connectivity index (χ3v) is 2.98. The van der Waals surface area contributed by atoms with Gasteiger partial charge in [0.15, 0.2) is 5.69 Å². The molecule has 19 heavy (non-hydrogen) atoms. The van der Waals surface area contributed by atoms with E-state index >= 15 is 0 Å². The Bertz CT molecular complexity index is 452. The quantitative estimate of drug-likeness (QED) is 0.819. The van der Waals surface area contributed by atoms with Gasteiger partial charge in [-0.3, -0.25) is 9.48 Å². The molecular formula is C11H14F3N3O2. The Kier molecular flexibility index (Phi) is 3.79. The summed E-state index contributed by atoms with van der Waals surface area (Å²) in [7, 11) is 0. The zero-order valence-corrected chi connectivity index (χ0v) is 10.4. The predicted octanol–water partition coefficient (Wildman–Crippen LogP) is 1.32. The number of amides is 1. The SMILES string of the molecule is CC(C(=O)N1CCOCC1)n1ccc(C(F)(F)F)n1. The normalized spacial score (nSPS) is 18.4. The largest absolute Gasteiger partial charge is 0.435 e. The van der Waals surface area contributed by atoms with Crippen molar-refractivity contribution in [1.82, 2.24) is 14.7 Å². The number of aromatic nitrogens is 2. The van der Waals surface area contributed by atoms with Crippen molar-refractivity contribution in [2.75, 3.05) is 26.3 Å². The lowest BCUT2D eigenvalue weighted by Crippen LogP contribution is -2.43. The smallest absolute Gasteiger partial charge is 0.378 e. The number of rotatable bonds is 2. The van der Waals surface area contributed by atoms with Crippen LogP contribution in [0.5, 0.6) is 0 Å². The summed E-state index contributed by atoms with van der Waals surface area (Å²) in [5.74, 6) is -0.250. The first-order chi connectivity index (χ1) is 8.89. The summed E-state index contributed by atoms with van der Waals surface area (Å²) in [5, 5.41) is 3.41. The van der Waals surface area contributed by atoms with Crippen LogP contribution in [-0.4, -0.2) is 46.9 Å². The minimum Gasteiger partial charge on any atom is -0.378 e. The van der Waals surface area contributed by atoms with E-state index in [1.807, 2.05) is 0 Å². The molecule has 0 bridgehead atoms. The monoisotopic (exact) mass is 277 g/mol. The van der Waals surface area contributed by atoms with Crippen molar-refractivity contribution in [3.05, 3.63) is 18.0 Å². The second kappa shape index (κ2) is 5.20. The number of halogens is 3. The van der Waals surface area contributed by atoms with Crippen LogP contribution < -0.4 is 0 Å². The number of hydrogen-bond acceptors (Lipinski definition) is 3. The molecule has 1 atom stereocenters. The molecule has 0 aromatic carbocycles. The average molecular weight is 277 g/mol. The lowest BCUT2D eigenvalue weighted by atomic mass is 10.2. The maximum atomic E-state index is 12.4. The van der Waals surface area contributed by atoms with E-state index < -0.39 is 17.9 Å². The minimum atomic E-state index is -4.49. The number of ether oxygens (including phenoxy) is 1. The summed E-state index contributed by atoms with van der Waals surface area (Å²) in [6.45, 7) is 3.34. The first-order valence-electron chi connectivity index (χ1n) is 5.88. The van der Waals surface area contributed by atoms with Gasteiger partial charge in [-0.25, -0.2) is 0 Å². The molecule has 8 heteroatoms. The molecule has 1 aliphatic rings. The standard InChI is InChI=1S/C11H14F3N3O2/c1-8(10(18)16-4-6-19-7-5-16)17-3-2-9(15-17)11(12,13)14/h2-3,8H,4-7H2,1H3. The summed E-state index contributed by atoms with van der Waals surface area (Å²) in [5.41, 5.74) is -0.992. The molecule has 1 aromatic rings. The third kappa shape index (κ3) is 3.06. The lowest BCUT2D eigenvalue weighted by Gasteiger charge is -2.29. The van der Waals surface area contributed by atoms with Crippen molar-refractivity contribution in [1.29, 1.82) is 0 Å². The molecule has 106 valence electrons. The van der Waals surface area contributed by atoms with E-state index in [0.29, 0.717) is 26.3 Å². The highest BCUT2D eigenvalue weighted by Gasteiger charge is 2.34. The van der Waals surface area contributed by atoms with Gasteiger partial charge in [-0.15, -0.1) is 0 Å². The maximum Gasteiger partial charge on any atom is 0.435 e. The van der Waals surface area contributed by atoms with E-state index in [-0.39, 0.29) is 5.91 Å². The molecule has 1 aromatic heterocycles. The second-order valence-electron chi connectivity index (χ2n) is 4.29. The topological polar surface area (TPSA) is 47.4 Å². The van der Waals surface area contributed by atoms with Crippen LogP contribution in [0, 0.1) is 0 Å². The van der Waals surface area contributed by atoms with Gasteiger partial charge >= 0.3 is 6.18 Å². The Morgan fingerprint density at radius 3 is 2.58 bits per heavy atom. The van der Waals surface area contributed by atoms with Crippen molar-refractivity contribution in [3.8, 4) is 0 Å². The van der Waals surface area contributed by atoms with Crippen LogP contribution in [0.3, 0.4) is 0 Å². The Hall–Kier alpha value is -1.57. The van der Waals surface area contributed by atoms with Gasteiger partial charge in [-0.2, -0.15) is 18.3 Å². The summed E-state index contributed by atoms with van der Waals surface area (Å²) in [4.78, 5) is 13.7. The molecule has 5 nitrogen and oxygen atoms in total. The van der Waals surface area contributed by atoms with Crippen LogP contribution in [0.25, 0.3) is 0 Å². The number of carbonyl (C=O) groups excluding carboxylic acids is 1. The molecule has 2 rings (SSSR count). The van der Waals surface area contributed by atoms with Crippen molar-refractivity contribution in [3.63, 3.8) is 0 Å². The number of morpholine rings is 1. The molecule has 0 radical (unpaired) electrons. The first kappa shape index (κ1) is 13.9. The van der Waals surface area contributed by atoms with Crippen LogP contribution in [0.1, 0.15) is 18.7 Å². The summed E-state index contributed by atoms with van der Waals surface area (Å²) in [6, 6.07) is 0.109. The lowest BCUT2D eigenvalue weighted by molar-refractivity contribution is -0.143. The third-order valence-electron chi connectivity index (χ3n) is 2.98. The maximum absolute atomic E-state index is 12.4. The van der Waals surface area contributed by atoms with Crippen molar-refractivity contribution >= 4 is 5.91 Å². The number of carbonyl (C=O) groups is 1. The van der Waals surface area contributed by atoms with Gasteiger partial charge in [0.2, 0.25) is 5.91 Å². The van der Waals surface area contributed by atoms with Gasteiger partial charge in [0.05, 0.1) is 13.2 Å². The molecule has 1 unspecified atom stereocenters. The van der Waals surface area contributed by atoms with Crippen molar-refractivity contribution in [2.45, 2.75) is 19.1 Å². The highest BCUT2D eigenvalue weighted by Crippen LogP contribution is 2.28. The number of nitrogens with zero attached hydrogens (tertiary/aromatic N) is 3. The molecule has 0 spiro atoms. The van der Waals surface area contributed by atoms with Gasteiger partial charge in [0.25, 0.3) is 0 Å². The fraction of sp³-hybridized carbons (Fsp3) is 0.636. The van der Waals surface area contributed by atoms with Gasteiger partial charge in [0.1, 0.15) is 6.04 Å². The fourth-order valence-corrected chi connectivity index (χ4v) is 1.87. The van der Waals surface area contributed by atoms with E-state index in [1.165, 1.54) is 13.1 Å². The Balaban J connectivity index is 2.08.